The second kappa shape index (κ2) is 16.9. The minimum absolute atomic E-state index is 0.305. The Morgan fingerprint density at radius 3 is 1.48 bits per heavy atom. The van der Waals surface area contributed by atoms with Gasteiger partial charge in [0.25, 0.3) is 5.91 Å². The van der Waals surface area contributed by atoms with E-state index in [9.17, 15) is 15.3 Å². The van der Waals surface area contributed by atoms with Gasteiger partial charge in [0.05, 0.1) is 39.4 Å². The van der Waals surface area contributed by atoms with Gasteiger partial charge in [-0.15, -0.1) is 0 Å². The first-order valence-corrected chi connectivity index (χ1v) is 21.0. The topological polar surface area (TPSA) is 116 Å². The fourth-order valence-corrected chi connectivity index (χ4v) is 8.72. The van der Waals surface area contributed by atoms with Crippen LogP contribution in [0.15, 0.2) is 194 Å². The fourth-order valence-electron chi connectivity index (χ4n) is 8.72. The molecule has 0 spiro atoms. The number of rotatable bonds is 9. The number of benzene rings is 7. The van der Waals surface area contributed by atoms with Gasteiger partial charge in [0.15, 0.2) is 0 Å². The molecule has 8 heteroatoms. The molecule has 0 aliphatic heterocycles. The van der Waals surface area contributed by atoms with Crippen LogP contribution < -0.4 is 4.90 Å². The van der Waals surface area contributed by atoms with E-state index in [0.717, 1.165) is 66.3 Å². The number of nitriles is 2. The first-order valence-electron chi connectivity index (χ1n) is 21.0. The highest BCUT2D eigenvalue weighted by Gasteiger charge is 2.30. The van der Waals surface area contributed by atoms with E-state index in [1.807, 2.05) is 165 Å². The van der Waals surface area contributed by atoms with Crippen molar-refractivity contribution in [2.24, 2.45) is 0 Å². The first kappa shape index (κ1) is 39.9. The molecule has 8 nitrogen and oxygen atoms in total. The van der Waals surface area contributed by atoms with Crippen molar-refractivity contribution in [2.75, 3.05) is 4.90 Å². The van der Waals surface area contributed by atoms with Crippen LogP contribution in [0.3, 0.4) is 0 Å². The summed E-state index contributed by atoms with van der Waals surface area (Å²) in [4.78, 5) is 40.0. The van der Waals surface area contributed by atoms with E-state index in [2.05, 4.69) is 50.9 Å². The molecule has 0 bridgehead atoms. The highest BCUT2D eigenvalue weighted by Crippen LogP contribution is 2.45. The molecular formula is C57H36N6O2. The summed E-state index contributed by atoms with van der Waals surface area (Å²) in [5.74, 6) is -0.492. The van der Waals surface area contributed by atoms with Gasteiger partial charge in [-0.2, -0.15) is 10.5 Å². The number of anilines is 1. The zero-order chi connectivity index (χ0) is 44.4. The molecular weight excluding hydrogens is 801 g/mol. The number of aryl methyl sites for hydroxylation is 1. The van der Waals surface area contributed by atoms with E-state index in [-0.39, 0.29) is 0 Å². The number of imide groups is 1. The maximum atomic E-state index is 15.7. The van der Waals surface area contributed by atoms with Gasteiger partial charge >= 0.3 is 0 Å². The minimum atomic E-state index is -0.492. The van der Waals surface area contributed by atoms with Crippen molar-refractivity contribution in [2.45, 2.75) is 6.92 Å². The van der Waals surface area contributed by atoms with E-state index in [1.54, 1.807) is 12.1 Å². The molecule has 10 rings (SSSR count). The summed E-state index contributed by atoms with van der Waals surface area (Å²) in [7, 11) is 0. The molecule has 0 saturated carbocycles. The lowest BCUT2D eigenvalue weighted by Crippen LogP contribution is -2.32. The van der Waals surface area contributed by atoms with Crippen LogP contribution in [0.5, 0.6) is 0 Å². The maximum absolute atomic E-state index is 15.7. The minimum Gasteiger partial charge on any atom is -0.308 e. The Labute approximate surface area is 375 Å². The van der Waals surface area contributed by atoms with E-state index in [4.69, 9.17) is 0 Å². The Kier molecular flexibility index (Phi) is 10.4. The second-order valence-corrected chi connectivity index (χ2v) is 15.6. The summed E-state index contributed by atoms with van der Waals surface area (Å²) in [5, 5.41) is 21.0. The Hall–Kier alpha value is -9.24. The SMILES string of the molecule is Cc1cccc(-n2c3ccc(-c4cccc(C#N)n4)cc3c3cc(-c4cccc(C#N)n4)ccc32)c1C(=O)N(C=O)c1c(-c2ccccc2)cc(-c2ccccc2)cc1-c1ccccc1. The van der Waals surface area contributed by atoms with Crippen LogP contribution >= 0.6 is 0 Å². The third kappa shape index (κ3) is 7.27. The molecule has 3 aromatic heterocycles. The molecule has 0 aliphatic carbocycles. The summed E-state index contributed by atoms with van der Waals surface area (Å²) >= 11 is 0. The standard InChI is InChI=1S/C57H36N6O2/c1-37-14-11-25-54(63-52-28-26-41(50-23-12-21-44(34-58)60-50)30-48(52)49-31-42(27-29-53(49)63)51-24-13-22-45(35-59)61-51)55(37)57(65)62(36-64)56-46(39-17-7-3-8-18-39)32-43(38-15-5-2-6-16-38)33-47(56)40-19-9-4-10-20-40/h2-33,36H,1H3. The van der Waals surface area contributed by atoms with E-state index in [0.29, 0.717) is 51.7 Å². The molecule has 7 aromatic carbocycles. The van der Waals surface area contributed by atoms with Gasteiger partial charge in [-0.1, -0.05) is 127 Å². The van der Waals surface area contributed by atoms with Crippen LogP contribution in [0.4, 0.5) is 5.69 Å². The quantitative estimate of drug-likeness (QED) is 0.134. The number of hydrogen-bond donors (Lipinski definition) is 0. The summed E-state index contributed by atoms with van der Waals surface area (Å²) in [5.41, 5.74) is 12.3. The number of carbonyl (C=O) groups is 2. The smallest absolute Gasteiger partial charge is 0.267 e. The van der Waals surface area contributed by atoms with Gasteiger partial charge in [0.2, 0.25) is 6.41 Å². The summed E-state index contributed by atoms with van der Waals surface area (Å²) in [6, 6.07) is 66.6. The van der Waals surface area contributed by atoms with Crippen LogP contribution in [-0.4, -0.2) is 26.9 Å². The monoisotopic (exact) mass is 836 g/mol. The van der Waals surface area contributed by atoms with Crippen molar-refractivity contribution in [1.82, 2.24) is 14.5 Å². The zero-order valence-electron chi connectivity index (χ0n) is 35.1. The third-order valence-corrected chi connectivity index (χ3v) is 11.7. The third-order valence-electron chi connectivity index (χ3n) is 11.7. The number of carbonyl (C=O) groups excluding carboxylic acids is 2. The van der Waals surface area contributed by atoms with E-state index >= 15 is 4.79 Å². The van der Waals surface area contributed by atoms with Crippen LogP contribution in [0.1, 0.15) is 27.3 Å². The van der Waals surface area contributed by atoms with Crippen molar-refractivity contribution < 1.29 is 9.59 Å². The largest absolute Gasteiger partial charge is 0.308 e. The predicted molar refractivity (Wildman–Crippen MR) is 257 cm³/mol. The van der Waals surface area contributed by atoms with Crippen molar-refractivity contribution in [1.29, 1.82) is 10.5 Å². The molecule has 10 aromatic rings. The molecule has 0 radical (unpaired) electrons. The van der Waals surface area contributed by atoms with E-state index in [1.165, 1.54) is 4.90 Å². The summed E-state index contributed by atoms with van der Waals surface area (Å²) in [6.07, 6.45) is 0.629. The number of nitrogens with zero attached hydrogens (tertiary/aromatic N) is 6. The van der Waals surface area contributed by atoms with E-state index < -0.39 is 5.91 Å². The number of pyridine rings is 2. The van der Waals surface area contributed by atoms with Crippen molar-refractivity contribution in [3.8, 4) is 73.7 Å². The number of fused-ring (bicyclic) bond motifs is 3. The lowest BCUT2D eigenvalue weighted by molar-refractivity contribution is -0.106. The van der Waals surface area contributed by atoms with Crippen LogP contribution in [0.2, 0.25) is 0 Å². The molecule has 0 saturated heterocycles. The van der Waals surface area contributed by atoms with Crippen LogP contribution in [0.25, 0.3) is 83.4 Å². The lowest BCUT2D eigenvalue weighted by Gasteiger charge is -2.26. The molecule has 65 heavy (non-hydrogen) atoms. The van der Waals surface area contributed by atoms with Crippen LogP contribution in [0, 0.1) is 29.6 Å². The highest BCUT2D eigenvalue weighted by atomic mass is 16.2. The zero-order valence-corrected chi connectivity index (χ0v) is 35.1. The Morgan fingerprint density at radius 1 is 0.523 bits per heavy atom. The number of amides is 2. The number of hydrogen-bond acceptors (Lipinski definition) is 6. The fraction of sp³-hybridized carbons (Fsp3) is 0.0175. The molecule has 0 fully saturated rings. The molecule has 0 aliphatic rings. The molecule has 0 unspecified atom stereocenters. The predicted octanol–water partition coefficient (Wildman–Crippen LogP) is 12.8. The molecule has 306 valence electrons. The molecule has 2 amide bonds. The van der Waals surface area contributed by atoms with Crippen LogP contribution in [-0.2, 0) is 4.79 Å². The average molecular weight is 837 g/mol. The number of aromatic nitrogens is 3. The van der Waals surface area contributed by atoms with Gasteiger partial charge in [-0.25, -0.2) is 14.9 Å². The molecule has 0 atom stereocenters. The normalized spacial score (nSPS) is 10.9. The molecule has 3 heterocycles. The highest BCUT2D eigenvalue weighted by molar-refractivity contribution is 6.22. The Bertz CT molecular complexity index is 3390. The average Bonchev–Trinajstić information content (AvgIpc) is 3.70. The van der Waals surface area contributed by atoms with Gasteiger partial charge < -0.3 is 4.57 Å². The maximum Gasteiger partial charge on any atom is 0.267 e. The van der Waals surface area contributed by atoms with Gasteiger partial charge in [-0.05, 0) is 101 Å². The van der Waals surface area contributed by atoms with Gasteiger partial charge in [0, 0.05) is 33.0 Å². The van der Waals surface area contributed by atoms with Crippen molar-refractivity contribution in [3.05, 3.63) is 217 Å². The Balaban J connectivity index is 1.22. The lowest BCUT2D eigenvalue weighted by atomic mass is 9.90. The first-order chi connectivity index (χ1) is 31.9. The van der Waals surface area contributed by atoms with Gasteiger partial charge in [0.1, 0.15) is 23.5 Å². The second-order valence-electron chi connectivity index (χ2n) is 15.6. The van der Waals surface area contributed by atoms with Crippen molar-refractivity contribution >= 4 is 39.8 Å². The summed E-state index contributed by atoms with van der Waals surface area (Å²) < 4.78 is 2.06. The molecule has 0 N–H and O–H groups in total. The van der Waals surface area contributed by atoms with Gasteiger partial charge in [-0.3, -0.25) is 9.59 Å². The Morgan fingerprint density at radius 2 is 1.00 bits per heavy atom. The van der Waals surface area contributed by atoms with Crippen molar-refractivity contribution in [3.63, 3.8) is 0 Å². The summed E-state index contributed by atoms with van der Waals surface area (Å²) in [6.45, 7) is 1.89.